The van der Waals surface area contributed by atoms with E-state index in [4.69, 9.17) is 16.7 Å². The number of nitrogen functional groups attached to an aromatic ring is 2. The molecule has 0 radical (unpaired) electrons. The molecule has 0 aromatic heterocycles. The van der Waals surface area contributed by atoms with E-state index in [9.17, 15) is 0 Å². The van der Waals surface area contributed by atoms with Gasteiger partial charge in [0.2, 0.25) is 0 Å². The maximum Gasteiger partial charge on any atom is 0.0715 e. The normalized spacial score (nSPS) is 9.39. The Morgan fingerprint density at radius 2 is 1.56 bits per heavy atom. The third-order valence-electron chi connectivity index (χ3n) is 1.82. The summed E-state index contributed by atoms with van der Waals surface area (Å²) in [5, 5.41) is 11.2. The van der Waals surface area contributed by atoms with Gasteiger partial charge >= 0.3 is 0 Å². The number of hydrogen-bond donors (Lipinski definition) is 3. The van der Waals surface area contributed by atoms with E-state index in [1.54, 1.807) is 24.3 Å². The molecular weight excluding hydrogens is 252 g/mol. The van der Waals surface area contributed by atoms with Crippen molar-refractivity contribution >= 4 is 23.4 Å². The van der Waals surface area contributed by atoms with Crippen LogP contribution in [0, 0.1) is 0 Å². The molecular formula is C12H14N2O3S. The first-order chi connectivity index (χ1) is 8.72. The highest BCUT2D eigenvalue weighted by Crippen LogP contribution is 2.20. The maximum atomic E-state index is 7.82. The molecule has 2 rings (SSSR count). The third-order valence-corrected chi connectivity index (χ3v) is 2.39. The number of para-hydroxylation sites is 1. The minimum atomic E-state index is 0.636. The standard InChI is InChI=1S/C6H7NO3S.C6H7N/c7-5-2-1-3-6(4-5)11-10-9-8;7-6-4-2-1-3-5-6/h1-4,8H,7H2;1-5H,7H2. The fourth-order valence-corrected chi connectivity index (χ4v) is 1.50. The fourth-order valence-electron chi connectivity index (χ4n) is 1.07. The molecule has 0 aliphatic heterocycles. The Labute approximate surface area is 109 Å². The van der Waals surface area contributed by atoms with Gasteiger partial charge in [-0.15, -0.1) is 4.33 Å². The van der Waals surface area contributed by atoms with Crippen molar-refractivity contribution in [3.8, 4) is 0 Å². The van der Waals surface area contributed by atoms with Gasteiger partial charge in [-0.3, -0.25) is 0 Å². The molecule has 0 saturated heterocycles. The van der Waals surface area contributed by atoms with Crippen molar-refractivity contribution in [3.63, 3.8) is 0 Å². The van der Waals surface area contributed by atoms with Crippen molar-refractivity contribution in [2.24, 2.45) is 0 Å². The lowest BCUT2D eigenvalue weighted by atomic mass is 10.3. The zero-order valence-corrected chi connectivity index (χ0v) is 10.3. The lowest BCUT2D eigenvalue weighted by Crippen LogP contribution is -1.84. The molecule has 0 saturated carbocycles. The van der Waals surface area contributed by atoms with Crippen molar-refractivity contribution in [1.82, 2.24) is 0 Å². The van der Waals surface area contributed by atoms with E-state index in [1.165, 1.54) is 0 Å². The molecule has 0 amide bonds. The highest BCUT2D eigenvalue weighted by atomic mass is 32.2. The fraction of sp³-hybridized carbons (Fsp3) is 0. The predicted molar refractivity (Wildman–Crippen MR) is 72.4 cm³/mol. The second-order valence-corrected chi connectivity index (χ2v) is 3.98. The third kappa shape index (κ3) is 6.12. The first-order valence-electron chi connectivity index (χ1n) is 5.03. The minimum absolute atomic E-state index is 0.636. The Balaban J connectivity index is 0.000000199. The van der Waals surface area contributed by atoms with E-state index in [0.717, 1.165) is 22.6 Å². The molecule has 0 fully saturated rings. The molecule has 2 aromatic carbocycles. The van der Waals surface area contributed by atoms with Gasteiger partial charge in [-0.2, -0.15) is 0 Å². The lowest BCUT2D eigenvalue weighted by molar-refractivity contribution is -0.432. The van der Waals surface area contributed by atoms with Gasteiger partial charge in [-0.25, -0.2) is 5.26 Å². The number of benzene rings is 2. The molecule has 2 aromatic rings. The first-order valence-corrected chi connectivity index (χ1v) is 5.77. The average Bonchev–Trinajstić information content (AvgIpc) is 2.38. The van der Waals surface area contributed by atoms with E-state index in [0.29, 0.717) is 5.69 Å². The van der Waals surface area contributed by atoms with Crippen LogP contribution in [-0.4, -0.2) is 5.26 Å². The number of rotatable bonds is 3. The van der Waals surface area contributed by atoms with Gasteiger partial charge in [0, 0.05) is 16.3 Å². The van der Waals surface area contributed by atoms with Crippen molar-refractivity contribution in [2.45, 2.75) is 4.90 Å². The zero-order valence-electron chi connectivity index (χ0n) is 9.52. The molecule has 0 spiro atoms. The molecule has 5 nitrogen and oxygen atoms in total. The van der Waals surface area contributed by atoms with E-state index in [-0.39, 0.29) is 0 Å². The van der Waals surface area contributed by atoms with Crippen molar-refractivity contribution in [2.75, 3.05) is 11.5 Å². The van der Waals surface area contributed by atoms with Gasteiger partial charge in [0.25, 0.3) is 0 Å². The summed E-state index contributed by atoms with van der Waals surface area (Å²) in [6, 6.07) is 16.5. The lowest BCUT2D eigenvalue weighted by Gasteiger charge is -1.97. The average molecular weight is 266 g/mol. The molecule has 0 atom stereocenters. The quantitative estimate of drug-likeness (QED) is 0.342. The van der Waals surface area contributed by atoms with Crippen LogP contribution in [0.3, 0.4) is 0 Å². The Kier molecular flexibility index (Phi) is 6.67. The summed E-state index contributed by atoms with van der Waals surface area (Å²) >= 11 is 0.882. The van der Waals surface area contributed by atoms with Gasteiger partial charge in [-0.05, 0) is 30.3 Å². The van der Waals surface area contributed by atoms with Crippen LogP contribution in [0.4, 0.5) is 11.4 Å². The molecule has 18 heavy (non-hydrogen) atoms. The van der Waals surface area contributed by atoms with Crippen molar-refractivity contribution < 1.29 is 14.6 Å². The maximum absolute atomic E-state index is 7.82. The van der Waals surface area contributed by atoms with Gasteiger partial charge in [-0.1, -0.05) is 29.3 Å². The summed E-state index contributed by atoms with van der Waals surface area (Å²) in [6.45, 7) is 0. The Bertz CT molecular complexity index is 454. The highest BCUT2D eigenvalue weighted by molar-refractivity contribution is 7.94. The molecule has 0 aliphatic carbocycles. The van der Waals surface area contributed by atoms with Crippen LogP contribution >= 0.6 is 12.0 Å². The molecule has 0 aliphatic rings. The molecule has 5 N–H and O–H groups in total. The van der Waals surface area contributed by atoms with E-state index in [1.807, 2.05) is 30.3 Å². The SMILES string of the molecule is Nc1cccc(SOOO)c1.Nc1ccccc1. The summed E-state index contributed by atoms with van der Waals surface area (Å²) in [6.07, 6.45) is 0. The van der Waals surface area contributed by atoms with Crippen molar-refractivity contribution in [1.29, 1.82) is 0 Å². The number of nitrogens with two attached hydrogens (primary N) is 2. The van der Waals surface area contributed by atoms with Crippen LogP contribution in [0.5, 0.6) is 0 Å². The van der Waals surface area contributed by atoms with Crippen LogP contribution < -0.4 is 11.5 Å². The summed E-state index contributed by atoms with van der Waals surface area (Å²) < 4.78 is 4.19. The van der Waals surface area contributed by atoms with Crippen LogP contribution in [0.25, 0.3) is 0 Å². The molecule has 6 heteroatoms. The number of anilines is 2. The highest BCUT2D eigenvalue weighted by Gasteiger charge is 1.94. The summed E-state index contributed by atoms with van der Waals surface area (Å²) in [7, 11) is 0. The van der Waals surface area contributed by atoms with Crippen LogP contribution in [0.2, 0.25) is 0 Å². The van der Waals surface area contributed by atoms with E-state index >= 15 is 0 Å². The van der Waals surface area contributed by atoms with E-state index < -0.39 is 0 Å². The largest absolute Gasteiger partial charge is 0.399 e. The smallest absolute Gasteiger partial charge is 0.0715 e. The number of hydrogen-bond acceptors (Lipinski definition) is 6. The summed E-state index contributed by atoms with van der Waals surface area (Å²) in [4.78, 5) is 0.763. The Morgan fingerprint density at radius 3 is 2.06 bits per heavy atom. The van der Waals surface area contributed by atoms with Gasteiger partial charge < -0.3 is 11.5 Å². The second-order valence-electron chi connectivity index (χ2n) is 3.21. The topological polar surface area (TPSA) is 90.7 Å². The summed E-state index contributed by atoms with van der Waals surface area (Å²) in [5.74, 6) is 0. The molecule has 96 valence electrons. The van der Waals surface area contributed by atoms with Crippen LogP contribution in [0.15, 0.2) is 59.5 Å². The zero-order chi connectivity index (χ0) is 13.2. The molecule has 0 heterocycles. The monoisotopic (exact) mass is 266 g/mol. The van der Waals surface area contributed by atoms with Gasteiger partial charge in [0.15, 0.2) is 0 Å². The Hall–Kier alpha value is -1.73. The molecule has 0 bridgehead atoms. The predicted octanol–water partition coefficient (Wildman–Crippen LogP) is 2.97. The van der Waals surface area contributed by atoms with Gasteiger partial charge in [0.1, 0.15) is 0 Å². The molecule has 0 unspecified atom stereocenters. The van der Waals surface area contributed by atoms with Gasteiger partial charge in [0.05, 0.1) is 12.0 Å². The second kappa shape index (κ2) is 8.37. The van der Waals surface area contributed by atoms with Crippen molar-refractivity contribution in [3.05, 3.63) is 54.6 Å². The van der Waals surface area contributed by atoms with E-state index in [2.05, 4.69) is 9.37 Å². The van der Waals surface area contributed by atoms with Crippen LogP contribution in [0.1, 0.15) is 0 Å². The minimum Gasteiger partial charge on any atom is -0.399 e. The summed E-state index contributed by atoms with van der Waals surface area (Å²) in [5.41, 5.74) is 12.3. The first kappa shape index (κ1) is 14.3. The Morgan fingerprint density at radius 1 is 0.889 bits per heavy atom. The van der Waals surface area contributed by atoms with Crippen LogP contribution in [-0.2, 0) is 9.37 Å².